The zero-order valence-corrected chi connectivity index (χ0v) is 9.77. The van der Waals surface area contributed by atoms with Crippen LogP contribution in [0.2, 0.25) is 0 Å². The fourth-order valence-electron chi connectivity index (χ4n) is 1.75. The standard InChI is InChI=1S/C10H18BrNO/c1-2-5-10(13)12-9-7-4-3-6-8(9)11/h8-9H,2-7H2,1H3,(H,12,13). The lowest BCUT2D eigenvalue weighted by atomic mass is 9.95. The maximum absolute atomic E-state index is 11.3. The van der Waals surface area contributed by atoms with Crippen molar-refractivity contribution in [1.29, 1.82) is 0 Å². The van der Waals surface area contributed by atoms with E-state index in [1.807, 2.05) is 6.92 Å². The number of carbonyl (C=O) groups is 1. The highest BCUT2D eigenvalue weighted by Crippen LogP contribution is 2.24. The van der Waals surface area contributed by atoms with Gasteiger partial charge >= 0.3 is 0 Å². The van der Waals surface area contributed by atoms with Crippen molar-refractivity contribution in [3.8, 4) is 0 Å². The van der Waals surface area contributed by atoms with Crippen LogP contribution in [0, 0.1) is 0 Å². The summed E-state index contributed by atoms with van der Waals surface area (Å²) in [6, 6.07) is 0.368. The lowest BCUT2D eigenvalue weighted by Crippen LogP contribution is -2.42. The molecule has 2 atom stereocenters. The molecule has 0 saturated heterocycles. The molecule has 1 amide bonds. The van der Waals surface area contributed by atoms with E-state index >= 15 is 0 Å². The first-order valence-electron chi connectivity index (χ1n) is 5.17. The molecular weight excluding hydrogens is 230 g/mol. The minimum atomic E-state index is 0.207. The Kier molecular flexibility index (Phi) is 4.78. The molecule has 0 bridgehead atoms. The Bertz CT molecular complexity index is 172. The van der Waals surface area contributed by atoms with Gasteiger partial charge in [-0.2, -0.15) is 0 Å². The Labute approximate surface area is 88.6 Å². The molecule has 0 aromatic rings. The molecule has 0 heterocycles. The Morgan fingerprint density at radius 2 is 2.15 bits per heavy atom. The van der Waals surface area contributed by atoms with E-state index in [-0.39, 0.29) is 5.91 Å². The number of carbonyl (C=O) groups excluding carboxylic acids is 1. The summed E-state index contributed by atoms with van der Waals surface area (Å²) in [5.74, 6) is 0.207. The van der Waals surface area contributed by atoms with Crippen molar-refractivity contribution < 1.29 is 4.79 Å². The van der Waals surface area contributed by atoms with E-state index in [2.05, 4.69) is 21.2 Å². The van der Waals surface area contributed by atoms with Crippen LogP contribution in [-0.4, -0.2) is 16.8 Å². The molecule has 0 aromatic carbocycles. The topological polar surface area (TPSA) is 29.1 Å². The molecule has 1 rings (SSSR count). The van der Waals surface area contributed by atoms with Gasteiger partial charge in [-0.3, -0.25) is 4.79 Å². The zero-order valence-electron chi connectivity index (χ0n) is 8.18. The third-order valence-electron chi connectivity index (χ3n) is 2.51. The van der Waals surface area contributed by atoms with Crippen LogP contribution < -0.4 is 5.32 Å². The fourth-order valence-corrected chi connectivity index (χ4v) is 2.47. The van der Waals surface area contributed by atoms with Crippen LogP contribution in [0.25, 0.3) is 0 Å². The van der Waals surface area contributed by atoms with Crippen LogP contribution in [0.1, 0.15) is 45.4 Å². The highest BCUT2D eigenvalue weighted by atomic mass is 79.9. The van der Waals surface area contributed by atoms with E-state index in [0.717, 1.165) is 12.8 Å². The Balaban J connectivity index is 2.29. The maximum atomic E-state index is 11.3. The summed E-state index contributed by atoms with van der Waals surface area (Å²) < 4.78 is 0. The number of rotatable bonds is 3. The third-order valence-corrected chi connectivity index (χ3v) is 3.60. The number of hydrogen-bond donors (Lipinski definition) is 1. The van der Waals surface area contributed by atoms with Crippen LogP contribution in [0.3, 0.4) is 0 Å². The van der Waals surface area contributed by atoms with E-state index in [4.69, 9.17) is 0 Å². The SMILES string of the molecule is CCCC(=O)NC1CCCCC1Br. The van der Waals surface area contributed by atoms with Gasteiger partial charge in [0.05, 0.1) is 0 Å². The summed E-state index contributed by atoms with van der Waals surface area (Å²) in [5, 5.41) is 3.08. The van der Waals surface area contributed by atoms with Gasteiger partial charge in [-0.25, -0.2) is 0 Å². The molecular formula is C10H18BrNO. The molecule has 1 N–H and O–H groups in total. The number of amides is 1. The summed E-state index contributed by atoms with van der Waals surface area (Å²) in [5.41, 5.74) is 0. The van der Waals surface area contributed by atoms with Gasteiger partial charge in [0.25, 0.3) is 0 Å². The van der Waals surface area contributed by atoms with Gasteiger partial charge in [0.1, 0.15) is 0 Å². The summed E-state index contributed by atoms with van der Waals surface area (Å²) in [6.45, 7) is 2.03. The van der Waals surface area contributed by atoms with Gasteiger partial charge in [-0.1, -0.05) is 35.7 Å². The van der Waals surface area contributed by atoms with Gasteiger partial charge < -0.3 is 5.32 Å². The van der Waals surface area contributed by atoms with Crippen LogP contribution in [0.15, 0.2) is 0 Å². The highest BCUT2D eigenvalue weighted by molar-refractivity contribution is 9.09. The largest absolute Gasteiger partial charge is 0.352 e. The van der Waals surface area contributed by atoms with Gasteiger partial charge in [-0.05, 0) is 19.3 Å². The second-order valence-electron chi connectivity index (χ2n) is 3.72. The molecule has 2 nitrogen and oxygen atoms in total. The van der Waals surface area contributed by atoms with Crippen molar-refractivity contribution in [2.24, 2.45) is 0 Å². The molecule has 3 heteroatoms. The molecule has 0 spiro atoms. The molecule has 1 saturated carbocycles. The Morgan fingerprint density at radius 3 is 2.77 bits per heavy atom. The van der Waals surface area contributed by atoms with Gasteiger partial charge in [0.2, 0.25) is 5.91 Å². The van der Waals surface area contributed by atoms with Crippen molar-refractivity contribution >= 4 is 21.8 Å². The quantitative estimate of drug-likeness (QED) is 0.764. The van der Waals surface area contributed by atoms with Crippen LogP contribution in [0.5, 0.6) is 0 Å². The zero-order chi connectivity index (χ0) is 9.68. The van der Waals surface area contributed by atoms with Gasteiger partial charge in [0.15, 0.2) is 0 Å². The lowest BCUT2D eigenvalue weighted by Gasteiger charge is -2.28. The third kappa shape index (κ3) is 3.67. The molecule has 1 fully saturated rings. The molecule has 0 aliphatic heterocycles. The molecule has 1 aliphatic rings. The summed E-state index contributed by atoms with van der Waals surface area (Å²) >= 11 is 3.62. The molecule has 1 aliphatic carbocycles. The van der Waals surface area contributed by atoms with Gasteiger partial charge in [-0.15, -0.1) is 0 Å². The van der Waals surface area contributed by atoms with E-state index in [0.29, 0.717) is 17.3 Å². The predicted octanol–water partition coefficient (Wildman–Crippen LogP) is 2.61. The van der Waals surface area contributed by atoms with Crippen molar-refractivity contribution in [2.75, 3.05) is 0 Å². The molecule has 2 unspecified atom stereocenters. The highest BCUT2D eigenvalue weighted by Gasteiger charge is 2.23. The van der Waals surface area contributed by atoms with Crippen LogP contribution >= 0.6 is 15.9 Å². The van der Waals surface area contributed by atoms with Crippen molar-refractivity contribution in [1.82, 2.24) is 5.32 Å². The first-order chi connectivity index (χ1) is 6.24. The molecule has 13 heavy (non-hydrogen) atoms. The number of halogens is 1. The lowest BCUT2D eigenvalue weighted by molar-refractivity contribution is -0.121. The van der Waals surface area contributed by atoms with Gasteiger partial charge in [0, 0.05) is 17.3 Å². The Morgan fingerprint density at radius 1 is 1.46 bits per heavy atom. The monoisotopic (exact) mass is 247 g/mol. The number of hydrogen-bond acceptors (Lipinski definition) is 1. The minimum Gasteiger partial charge on any atom is -0.352 e. The van der Waals surface area contributed by atoms with Crippen molar-refractivity contribution in [3.63, 3.8) is 0 Å². The predicted molar refractivity (Wildman–Crippen MR) is 58.0 cm³/mol. The number of nitrogens with one attached hydrogen (secondary N) is 1. The van der Waals surface area contributed by atoms with Crippen molar-refractivity contribution in [2.45, 2.75) is 56.3 Å². The summed E-state index contributed by atoms with van der Waals surface area (Å²) in [4.78, 5) is 11.8. The summed E-state index contributed by atoms with van der Waals surface area (Å²) in [6.07, 6.45) is 6.46. The summed E-state index contributed by atoms with van der Waals surface area (Å²) in [7, 11) is 0. The Hall–Kier alpha value is -0.0500. The molecule has 0 aromatic heterocycles. The van der Waals surface area contributed by atoms with E-state index < -0.39 is 0 Å². The smallest absolute Gasteiger partial charge is 0.220 e. The van der Waals surface area contributed by atoms with Crippen LogP contribution in [0.4, 0.5) is 0 Å². The average molecular weight is 248 g/mol. The second-order valence-corrected chi connectivity index (χ2v) is 4.90. The van der Waals surface area contributed by atoms with E-state index in [1.165, 1.54) is 19.3 Å². The first-order valence-corrected chi connectivity index (χ1v) is 6.09. The van der Waals surface area contributed by atoms with E-state index in [9.17, 15) is 4.79 Å². The van der Waals surface area contributed by atoms with Crippen LogP contribution in [-0.2, 0) is 4.79 Å². The molecule has 76 valence electrons. The normalized spacial score (nSPS) is 28.5. The van der Waals surface area contributed by atoms with E-state index in [1.54, 1.807) is 0 Å². The minimum absolute atomic E-state index is 0.207. The average Bonchev–Trinajstić information content (AvgIpc) is 2.09. The molecule has 0 radical (unpaired) electrons. The van der Waals surface area contributed by atoms with Crippen molar-refractivity contribution in [3.05, 3.63) is 0 Å². The fraction of sp³-hybridized carbons (Fsp3) is 0.900. The number of alkyl halides is 1. The second kappa shape index (κ2) is 5.63. The maximum Gasteiger partial charge on any atom is 0.220 e. The first kappa shape index (κ1) is 11.0.